The van der Waals surface area contributed by atoms with Gasteiger partial charge in [-0.05, 0) is 43.3 Å². The summed E-state index contributed by atoms with van der Waals surface area (Å²) in [6.45, 7) is 1.78. The molecule has 0 aliphatic carbocycles. The van der Waals surface area contributed by atoms with E-state index in [9.17, 15) is 9.59 Å². The fraction of sp³-hybridized carbons (Fsp3) is 0.0952. The van der Waals surface area contributed by atoms with Gasteiger partial charge in [0.25, 0.3) is 5.56 Å². The molecule has 0 fully saturated rings. The fourth-order valence-electron chi connectivity index (χ4n) is 2.68. The van der Waals surface area contributed by atoms with E-state index in [1.165, 1.54) is 21.8 Å². The molecule has 0 aliphatic rings. The first-order chi connectivity index (χ1) is 13.6. The SMILES string of the molecule is Cc1csc2nc(COC(=O)c3ccc(Oc4ccccc4)cc3)cc(=O)n12. The van der Waals surface area contributed by atoms with E-state index in [2.05, 4.69) is 4.98 Å². The minimum Gasteiger partial charge on any atom is -0.457 e. The maximum absolute atomic E-state index is 12.3. The van der Waals surface area contributed by atoms with Crippen molar-refractivity contribution in [3.8, 4) is 11.5 Å². The highest BCUT2D eigenvalue weighted by Gasteiger charge is 2.11. The third kappa shape index (κ3) is 3.79. The topological polar surface area (TPSA) is 69.9 Å². The fourth-order valence-corrected chi connectivity index (χ4v) is 3.57. The zero-order valence-corrected chi connectivity index (χ0v) is 15.8. The van der Waals surface area contributed by atoms with Gasteiger partial charge in [0.2, 0.25) is 0 Å². The number of benzene rings is 2. The molecule has 0 spiro atoms. The molecule has 0 saturated heterocycles. The molecule has 0 atom stereocenters. The van der Waals surface area contributed by atoms with Crippen LogP contribution in [0.15, 0.2) is 70.8 Å². The Labute approximate surface area is 164 Å². The third-order valence-electron chi connectivity index (χ3n) is 4.05. The van der Waals surface area contributed by atoms with Crippen molar-refractivity contribution in [3.05, 3.63) is 93.3 Å². The first-order valence-electron chi connectivity index (χ1n) is 8.57. The number of carbonyl (C=O) groups is 1. The smallest absolute Gasteiger partial charge is 0.338 e. The number of hydrogen-bond acceptors (Lipinski definition) is 6. The van der Waals surface area contributed by atoms with Gasteiger partial charge >= 0.3 is 5.97 Å². The molecule has 0 saturated carbocycles. The Morgan fingerprint density at radius 1 is 1.07 bits per heavy atom. The lowest BCUT2D eigenvalue weighted by atomic mass is 10.2. The molecule has 140 valence electrons. The molecule has 0 amide bonds. The molecule has 4 aromatic rings. The van der Waals surface area contributed by atoms with Gasteiger partial charge in [-0.15, -0.1) is 11.3 Å². The van der Waals surface area contributed by atoms with Gasteiger partial charge in [0.05, 0.1) is 11.3 Å². The Kier molecular flexibility index (Phi) is 4.90. The van der Waals surface area contributed by atoms with E-state index >= 15 is 0 Å². The quantitative estimate of drug-likeness (QED) is 0.476. The third-order valence-corrected chi connectivity index (χ3v) is 4.99. The summed E-state index contributed by atoms with van der Waals surface area (Å²) in [6.07, 6.45) is 0. The van der Waals surface area contributed by atoms with Crippen LogP contribution in [-0.4, -0.2) is 15.4 Å². The lowest BCUT2D eigenvalue weighted by Crippen LogP contribution is -2.16. The summed E-state index contributed by atoms with van der Waals surface area (Å²) in [5, 5.41) is 1.86. The van der Waals surface area contributed by atoms with Gasteiger partial charge in [-0.1, -0.05) is 18.2 Å². The number of thiazole rings is 1. The van der Waals surface area contributed by atoms with E-state index in [1.54, 1.807) is 24.3 Å². The summed E-state index contributed by atoms with van der Waals surface area (Å²) in [5.41, 5.74) is 1.46. The second-order valence-electron chi connectivity index (χ2n) is 6.10. The molecule has 4 rings (SSSR count). The van der Waals surface area contributed by atoms with Crippen molar-refractivity contribution >= 4 is 22.3 Å². The molecule has 0 unspecified atom stereocenters. The highest BCUT2D eigenvalue weighted by atomic mass is 32.1. The van der Waals surface area contributed by atoms with Crippen LogP contribution in [0.25, 0.3) is 4.96 Å². The van der Waals surface area contributed by atoms with E-state index in [4.69, 9.17) is 9.47 Å². The van der Waals surface area contributed by atoms with E-state index in [0.29, 0.717) is 22.0 Å². The minimum atomic E-state index is -0.490. The molecule has 2 heterocycles. The first kappa shape index (κ1) is 17.9. The number of esters is 1. The second kappa shape index (κ2) is 7.66. The number of aryl methyl sites for hydroxylation is 1. The van der Waals surface area contributed by atoms with Crippen LogP contribution in [0.4, 0.5) is 0 Å². The number of nitrogens with zero attached hydrogens (tertiary/aromatic N) is 2. The average Bonchev–Trinajstić information content (AvgIpc) is 3.09. The van der Waals surface area contributed by atoms with Gasteiger partial charge in [0, 0.05) is 17.1 Å². The van der Waals surface area contributed by atoms with Gasteiger partial charge in [-0.25, -0.2) is 9.78 Å². The number of rotatable bonds is 5. The van der Waals surface area contributed by atoms with E-state index < -0.39 is 5.97 Å². The van der Waals surface area contributed by atoms with Crippen LogP contribution in [0.1, 0.15) is 21.7 Å². The molecule has 0 aliphatic heterocycles. The second-order valence-corrected chi connectivity index (χ2v) is 6.93. The van der Waals surface area contributed by atoms with Crippen LogP contribution >= 0.6 is 11.3 Å². The van der Waals surface area contributed by atoms with Crippen LogP contribution in [0.5, 0.6) is 11.5 Å². The van der Waals surface area contributed by atoms with Crippen LogP contribution < -0.4 is 10.3 Å². The molecule has 2 aromatic carbocycles. The Morgan fingerprint density at radius 2 is 1.79 bits per heavy atom. The molecule has 28 heavy (non-hydrogen) atoms. The van der Waals surface area contributed by atoms with E-state index in [1.807, 2.05) is 42.6 Å². The Balaban J connectivity index is 1.42. The van der Waals surface area contributed by atoms with Crippen LogP contribution in [0.3, 0.4) is 0 Å². The summed E-state index contributed by atoms with van der Waals surface area (Å²) in [4.78, 5) is 29.4. The van der Waals surface area contributed by atoms with Crippen molar-refractivity contribution in [1.82, 2.24) is 9.38 Å². The summed E-state index contributed by atoms with van der Waals surface area (Å²) in [6, 6.07) is 17.4. The van der Waals surface area contributed by atoms with E-state index in [-0.39, 0.29) is 12.2 Å². The van der Waals surface area contributed by atoms with Crippen molar-refractivity contribution in [1.29, 1.82) is 0 Å². The summed E-state index contributed by atoms with van der Waals surface area (Å²) in [5.74, 6) is 0.848. The van der Waals surface area contributed by atoms with E-state index in [0.717, 1.165) is 11.4 Å². The summed E-state index contributed by atoms with van der Waals surface area (Å²) >= 11 is 1.37. The number of ether oxygens (including phenoxy) is 2. The van der Waals surface area contributed by atoms with Crippen molar-refractivity contribution in [2.45, 2.75) is 13.5 Å². The number of hydrogen-bond donors (Lipinski definition) is 0. The first-order valence-corrected chi connectivity index (χ1v) is 9.45. The molecule has 2 aromatic heterocycles. The van der Waals surface area contributed by atoms with Crippen LogP contribution in [0, 0.1) is 6.92 Å². The molecule has 0 N–H and O–H groups in total. The van der Waals surface area contributed by atoms with Gasteiger partial charge in [0.1, 0.15) is 18.1 Å². The maximum Gasteiger partial charge on any atom is 0.338 e. The predicted molar refractivity (Wildman–Crippen MR) is 106 cm³/mol. The van der Waals surface area contributed by atoms with Crippen molar-refractivity contribution in [2.75, 3.05) is 0 Å². The molecular formula is C21H16N2O4S. The maximum atomic E-state index is 12.3. The highest BCUT2D eigenvalue weighted by molar-refractivity contribution is 7.15. The minimum absolute atomic E-state index is 0.0657. The number of aromatic nitrogens is 2. The monoisotopic (exact) mass is 392 g/mol. The summed E-state index contributed by atoms with van der Waals surface area (Å²) < 4.78 is 12.5. The highest BCUT2D eigenvalue weighted by Crippen LogP contribution is 2.21. The lowest BCUT2D eigenvalue weighted by Gasteiger charge is -2.07. The normalized spacial score (nSPS) is 10.8. The number of carbonyl (C=O) groups excluding carboxylic acids is 1. The standard InChI is InChI=1S/C21H16N2O4S/c1-14-13-28-21-22-16(11-19(24)23(14)21)12-26-20(25)15-7-9-18(10-8-15)27-17-5-3-2-4-6-17/h2-11,13H,12H2,1H3. The van der Waals surface area contributed by atoms with Crippen LogP contribution in [-0.2, 0) is 11.3 Å². The van der Waals surface area contributed by atoms with Gasteiger partial charge < -0.3 is 9.47 Å². The van der Waals surface area contributed by atoms with Gasteiger partial charge in [-0.2, -0.15) is 0 Å². The van der Waals surface area contributed by atoms with Crippen molar-refractivity contribution in [3.63, 3.8) is 0 Å². The number of fused-ring (bicyclic) bond motifs is 1. The molecular weight excluding hydrogens is 376 g/mol. The zero-order chi connectivity index (χ0) is 19.5. The zero-order valence-electron chi connectivity index (χ0n) is 15.0. The largest absolute Gasteiger partial charge is 0.457 e. The Bertz CT molecular complexity index is 1180. The van der Waals surface area contributed by atoms with Gasteiger partial charge in [0.15, 0.2) is 4.96 Å². The van der Waals surface area contributed by atoms with Crippen molar-refractivity contribution in [2.24, 2.45) is 0 Å². The van der Waals surface area contributed by atoms with Gasteiger partial charge in [-0.3, -0.25) is 9.20 Å². The Hall–Kier alpha value is -3.45. The van der Waals surface area contributed by atoms with Crippen molar-refractivity contribution < 1.29 is 14.3 Å². The molecule has 0 bridgehead atoms. The molecule has 0 radical (unpaired) electrons. The average molecular weight is 392 g/mol. The van der Waals surface area contributed by atoms with Crippen LogP contribution in [0.2, 0.25) is 0 Å². The molecule has 7 heteroatoms. The Morgan fingerprint density at radius 3 is 2.54 bits per heavy atom. The molecule has 6 nitrogen and oxygen atoms in total. The predicted octanol–water partition coefficient (Wildman–Crippen LogP) is 4.21. The summed E-state index contributed by atoms with van der Waals surface area (Å²) in [7, 11) is 0. The lowest BCUT2D eigenvalue weighted by molar-refractivity contribution is 0.0467. The number of para-hydroxylation sites is 1.